The van der Waals surface area contributed by atoms with Crippen LogP contribution >= 0.6 is 0 Å². The summed E-state index contributed by atoms with van der Waals surface area (Å²) < 4.78 is 15.7. The first-order valence-corrected chi connectivity index (χ1v) is 10.0. The summed E-state index contributed by atoms with van der Waals surface area (Å²) in [6.07, 6.45) is 0. The molecule has 0 heterocycles. The van der Waals surface area contributed by atoms with E-state index in [0.717, 1.165) is 5.56 Å². The van der Waals surface area contributed by atoms with Crippen LogP contribution in [0.3, 0.4) is 0 Å². The topological polar surface area (TPSA) is 85.9 Å². The number of benzene rings is 3. The fourth-order valence-electron chi connectivity index (χ4n) is 3.21. The van der Waals surface area contributed by atoms with E-state index in [1.165, 1.54) is 0 Å². The number of ether oxygens (including phenoxy) is 3. The Balaban J connectivity index is 1.75. The Morgan fingerprint density at radius 1 is 0.781 bits per heavy atom. The molecule has 0 bridgehead atoms. The van der Waals surface area contributed by atoms with Gasteiger partial charge in [0.15, 0.2) is 11.5 Å². The zero-order chi connectivity index (χ0) is 23.1. The van der Waals surface area contributed by atoms with Gasteiger partial charge in [0.1, 0.15) is 5.75 Å². The minimum Gasteiger partial charge on any atom is -0.497 e. The Morgan fingerprint density at radius 3 is 2.12 bits per heavy atom. The molecule has 0 aromatic heterocycles. The smallest absolute Gasteiger partial charge is 0.255 e. The first-order chi connectivity index (χ1) is 15.5. The summed E-state index contributed by atoms with van der Waals surface area (Å²) in [5.74, 6) is 1.23. The first-order valence-electron chi connectivity index (χ1n) is 10.0. The Bertz CT molecular complexity index is 1100. The molecule has 0 radical (unpaired) electrons. The maximum atomic E-state index is 13.0. The van der Waals surface area contributed by atoms with Gasteiger partial charge in [-0.2, -0.15) is 0 Å². The third-order valence-corrected chi connectivity index (χ3v) is 5.03. The van der Waals surface area contributed by atoms with E-state index >= 15 is 0 Å². The molecule has 0 aliphatic carbocycles. The molecule has 3 aromatic carbocycles. The maximum Gasteiger partial charge on any atom is 0.255 e. The van der Waals surface area contributed by atoms with Crippen LogP contribution in [-0.4, -0.2) is 33.1 Å². The van der Waals surface area contributed by atoms with Gasteiger partial charge in [0, 0.05) is 5.56 Å². The predicted octanol–water partition coefficient (Wildman–Crippen LogP) is 4.46. The van der Waals surface area contributed by atoms with Gasteiger partial charge < -0.3 is 24.8 Å². The lowest BCUT2D eigenvalue weighted by Gasteiger charge is -2.18. The zero-order valence-corrected chi connectivity index (χ0v) is 18.5. The lowest BCUT2D eigenvalue weighted by atomic mass is 10.1. The molecule has 32 heavy (non-hydrogen) atoms. The third kappa shape index (κ3) is 5.18. The molecule has 1 unspecified atom stereocenters. The number of para-hydroxylation sites is 1. The molecule has 0 aliphatic heterocycles. The lowest BCUT2D eigenvalue weighted by molar-refractivity contribution is 0.0940. The summed E-state index contributed by atoms with van der Waals surface area (Å²) in [5, 5.41) is 5.78. The molecule has 7 heteroatoms. The molecule has 2 N–H and O–H groups in total. The van der Waals surface area contributed by atoms with E-state index in [1.54, 1.807) is 75.9 Å². The van der Waals surface area contributed by atoms with Gasteiger partial charge >= 0.3 is 0 Å². The molecular formula is C25H26N2O5. The van der Waals surface area contributed by atoms with Crippen molar-refractivity contribution >= 4 is 17.5 Å². The van der Waals surface area contributed by atoms with Gasteiger partial charge in [-0.3, -0.25) is 9.59 Å². The monoisotopic (exact) mass is 434 g/mol. The zero-order valence-electron chi connectivity index (χ0n) is 18.5. The van der Waals surface area contributed by atoms with Crippen molar-refractivity contribution in [1.82, 2.24) is 5.32 Å². The molecule has 7 nitrogen and oxygen atoms in total. The molecule has 3 aromatic rings. The fourth-order valence-corrected chi connectivity index (χ4v) is 3.21. The van der Waals surface area contributed by atoms with Crippen molar-refractivity contribution in [3.8, 4) is 17.2 Å². The van der Waals surface area contributed by atoms with Crippen molar-refractivity contribution in [2.24, 2.45) is 0 Å². The maximum absolute atomic E-state index is 13.0. The van der Waals surface area contributed by atoms with Crippen LogP contribution in [0.4, 0.5) is 5.69 Å². The molecule has 0 saturated heterocycles. The highest BCUT2D eigenvalue weighted by atomic mass is 16.5. The molecule has 0 fully saturated rings. The molecule has 3 rings (SSSR count). The van der Waals surface area contributed by atoms with Crippen LogP contribution in [0.25, 0.3) is 0 Å². The molecular weight excluding hydrogens is 408 g/mol. The van der Waals surface area contributed by atoms with Gasteiger partial charge in [-0.15, -0.1) is 0 Å². The largest absolute Gasteiger partial charge is 0.497 e. The summed E-state index contributed by atoms with van der Waals surface area (Å²) in [4.78, 5) is 25.6. The first kappa shape index (κ1) is 22.7. The average molecular weight is 434 g/mol. The second-order valence-corrected chi connectivity index (χ2v) is 7.04. The number of hydrogen-bond donors (Lipinski definition) is 2. The van der Waals surface area contributed by atoms with Gasteiger partial charge in [-0.05, 0) is 61.0 Å². The fraction of sp³-hybridized carbons (Fsp3) is 0.200. The standard InChI is InChI=1S/C25H26N2O5/c1-16(18-11-14-22(31-3)23(15-18)32-4)26-25(29)20-7-5-6-8-21(20)27-24(28)17-9-12-19(30-2)13-10-17/h5-16H,1-4H3,(H,26,29)(H,27,28). The number of methoxy groups -OCH3 is 3. The quantitative estimate of drug-likeness (QED) is 0.547. The lowest BCUT2D eigenvalue weighted by Crippen LogP contribution is -2.28. The molecule has 0 saturated carbocycles. The van der Waals surface area contributed by atoms with Crippen LogP contribution < -0.4 is 24.8 Å². The highest BCUT2D eigenvalue weighted by molar-refractivity contribution is 6.09. The van der Waals surface area contributed by atoms with E-state index in [2.05, 4.69) is 10.6 Å². The SMILES string of the molecule is COc1ccc(C(=O)Nc2ccccc2C(=O)NC(C)c2ccc(OC)c(OC)c2)cc1. The third-order valence-electron chi connectivity index (χ3n) is 5.03. The minimum absolute atomic E-state index is 0.298. The van der Waals surface area contributed by atoms with Crippen molar-refractivity contribution in [1.29, 1.82) is 0 Å². The van der Waals surface area contributed by atoms with E-state index in [-0.39, 0.29) is 17.9 Å². The number of hydrogen-bond acceptors (Lipinski definition) is 5. The van der Waals surface area contributed by atoms with Gasteiger partial charge in [-0.1, -0.05) is 18.2 Å². The van der Waals surface area contributed by atoms with Crippen LogP contribution in [0.2, 0.25) is 0 Å². The molecule has 2 amide bonds. The summed E-state index contributed by atoms with van der Waals surface area (Å²) in [7, 11) is 4.69. The number of rotatable bonds is 8. The number of amides is 2. The highest BCUT2D eigenvalue weighted by Gasteiger charge is 2.18. The van der Waals surface area contributed by atoms with Gasteiger partial charge in [0.25, 0.3) is 11.8 Å². The number of carbonyl (C=O) groups excluding carboxylic acids is 2. The van der Waals surface area contributed by atoms with Crippen LogP contribution in [0, 0.1) is 0 Å². The Labute approximate surface area is 187 Å². The second kappa shape index (κ2) is 10.3. The number of carbonyl (C=O) groups is 2. The normalized spacial score (nSPS) is 11.2. The van der Waals surface area contributed by atoms with Crippen LogP contribution in [0.5, 0.6) is 17.2 Å². The van der Waals surface area contributed by atoms with E-state index in [9.17, 15) is 9.59 Å². The predicted molar refractivity (Wildman–Crippen MR) is 123 cm³/mol. The van der Waals surface area contributed by atoms with E-state index < -0.39 is 0 Å². The Morgan fingerprint density at radius 2 is 1.47 bits per heavy atom. The van der Waals surface area contributed by atoms with Crippen molar-refractivity contribution in [2.45, 2.75) is 13.0 Å². The summed E-state index contributed by atoms with van der Waals surface area (Å²) in [6.45, 7) is 1.87. The summed E-state index contributed by atoms with van der Waals surface area (Å²) in [6, 6.07) is 18.8. The van der Waals surface area contributed by atoms with E-state index in [0.29, 0.717) is 34.1 Å². The molecule has 0 aliphatic rings. The minimum atomic E-state index is -0.319. The highest BCUT2D eigenvalue weighted by Crippen LogP contribution is 2.30. The van der Waals surface area contributed by atoms with Crippen molar-refractivity contribution in [3.63, 3.8) is 0 Å². The molecule has 166 valence electrons. The van der Waals surface area contributed by atoms with Crippen molar-refractivity contribution in [2.75, 3.05) is 26.6 Å². The average Bonchev–Trinajstić information content (AvgIpc) is 2.83. The van der Waals surface area contributed by atoms with Crippen molar-refractivity contribution in [3.05, 3.63) is 83.4 Å². The van der Waals surface area contributed by atoms with Crippen molar-refractivity contribution < 1.29 is 23.8 Å². The second-order valence-electron chi connectivity index (χ2n) is 7.04. The van der Waals surface area contributed by atoms with Crippen LogP contribution in [0.15, 0.2) is 66.7 Å². The van der Waals surface area contributed by atoms with Crippen LogP contribution in [-0.2, 0) is 0 Å². The Hall–Kier alpha value is -4.00. The molecule has 1 atom stereocenters. The van der Waals surface area contributed by atoms with E-state index in [1.807, 2.05) is 19.1 Å². The van der Waals surface area contributed by atoms with Gasteiger partial charge in [0.2, 0.25) is 0 Å². The van der Waals surface area contributed by atoms with Gasteiger partial charge in [-0.25, -0.2) is 0 Å². The number of nitrogens with one attached hydrogen (secondary N) is 2. The molecule has 0 spiro atoms. The van der Waals surface area contributed by atoms with Crippen LogP contribution in [0.1, 0.15) is 39.2 Å². The summed E-state index contributed by atoms with van der Waals surface area (Å²) >= 11 is 0. The number of anilines is 1. The Kier molecular flexibility index (Phi) is 7.33. The van der Waals surface area contributed by atoms with E-state index in [4.69, 9.17) is 14.2 Å². The van der Waals surface area contributed by atoms with Gasteiger partial charge in [0.05, 0.1) is 38.6 Å². The summed E-state index contributed by atoms with van der Waals surface area (Å²) in [5.41, 5.74) is 2.10.